The van der Waals surface area contributed by atoms with Gasteiger partial charge in [-0.3, -0.25) is 4.79 Å². The predicted molar refractivity (Wildman–Crippen MR) is 116 cm³/mol. The van der Waals surface area contributed by atoms with E-state index < -0.39 is 28.5 Å². The summed E-state index contributed by atoms with van der Waals surface area (Å²) >= 11 is 12.0. The standard InChI is InChI=1S/C19H20Cl2N2O7S/c1-23(2)31(26,27)16-9-12(5-6-13(16)20)22-17(24)10-30-19(25)11-7-14(21)18(29-4)15(8-11)28-3/h5-9H,10H2,1-4H3,(H,22,24). The van der Waals surface area contributed by atoms with Crippen molar-refractivity contribution in [3.8, 4) is 11.5 Å². The lowest BCUT2D eigenvalue weighted by Gasteiger charge is -2.14. The van der Waals surface area contributed by atoms with E-state index in [4.69, 9.17) is 37.4 Å². The molecule has 0 aromatic heterocycles. The number of carbonyl (C=O) groups excluding carboxylic acids is 2. The van der Waals surface area contributed by atoms with Crippen LogP contribution >= 0.6 is 23.2 Å². The van der Waals surface area contributed by atoms with Crippen LogP contribution < -0.4 is 14.8 Å². The number of hydrogen-bond donors (Lipinski definition) is 1. The molecule has 12 heteroatoms. The number of methoxy groups -OCH3 is 2. The highest BCUT2D eigenvalue weighted by Crippen LogP contribution is 2.36. The number of nitrogens with one attached hydrogen (secondary N) is 1. The maximum atomic E-state index is 12.3. The molecule has 0 aliphatic heterocycles. The number of anilines is 1. The Morgan fingerprint density at radius 2 is 1.71 bits per heavy atom. The van der Waals surface area contributed by atoms with Crippen LogP contribution in [-0.2, 0) is 19.6 Å². The summed E-state index contributed by atoms with van der Waals surface area (Å²) in [5.74, 6) is -1.02. The van der Waals surface area contributed by atoms with Crippen molar-refractivity contribution >= 4 is 50.8 Å². The summed E-state index contributed by atoms with van der Waals surface area (Å²) in [6.45, 7) is -0.622. The maximum absolute atomic E-state index is 12.3. The number of nitrogens with zero attached hydrogens (tertiary/aromatic N) is 1. The third kappa shape index (κ3) is 5.79. The molecule has 9 nitrogen and oxygen atoms in total. The van der Waals surface area contributed by atoms with Crippen LogP contribution in [0, 0.1) is 0 Å². The SMILES string of the molecule is COc1cc(C(=O)OCC(=O)Nc2ccc(Cl)c(S(=O)(=O)N(C)C)c2)cc(Cl)c1OC. The van der Waals surface area contributed by atoms with E-state index in [1.807, 2.05) is 0 Å². The van der Waals surface area contributed by atoms with Gasteiger partial charge in [-0.2, -0.15) is 0 Å². The average Bonchev–Trinajstić information content (AvgIpc) is 2.72. The van der Waals surface area contributed by atoms with Gasteiger partial charge in [0, 0.05) is 19.8 Å². The van der Waals surface area contributed by atoms with Gasteiger partial charge in [0.1, 0.15) is 4.90 Å². The van der Waals surface area contributed by atoms with Crippen LogP contribution in [0.1, 0.15) is 10.4 Å². The van der Waals surface area contributed by atoms with E-state index in [0.29, 0.717) is 0 Å². The van der Waals surface area contributed by atoms with Crippen molar-refractivity contribution in [3.05, 3.63) is 45.9 Å². The first-order chi connectivity index (χ1) is 14.5. The molecule has 0 fully saturated rings. The van der Waals surface area contributed by atoms with Crippen LogP contribution in [-0.4, -0.2) is 59.5 Å². The lowest BCUT2D eigenvalue weighted by atomic mass is 10.2. The average molecular weight is 491 g/mol. The van der Waals surface area contributed by atoms with Crippen molar-refractivity contribution in [3.63, 3.8) is 0 Å². The van der Waals surface area contributed by atoms with Crippen LogP contribution in [0.5, 0.6) is 11.5 Å². The molecule has 2 aromatic rings. The fourth-order valence-electron chi connectivity index (χ4n) is 2.42. The third-order valence-electron chi connectivity index (χ3n) is 3.98. The van der Waals surface area contributed by atoms with Gasteiger partial charge >= 0.3 is 5.97 Å². The predicted octanol–water partition coefficient (Wildman–Crippen LogP) is 3.06. The minimum Gasteiger partial charge on any atom is -0.493 e. The van der Waals surface area contributed by atoms with E-state index >= 15 is 0 Å². The van der Waals surface area contributed by atoms with Gasteiger partial charge in [0.25, 0.3) is 5.91 Å². The van der Waals surface area contributed by atoms with Gasteiger partial charge < -0.3 is 19.5 Å². The molecule has 0 unspecified atom stereocenters. The Morgan fingerprint density at radius 3 is 2.29 bits per heavy atom. The van der Waals surface area contributed by atoms with E-state index in [9.17, 15) is 18.0 Å². The second-order valence-corrected chi connectivity index (χ2v) is 9.19. The monoisotopic (exact) mass is 490 g/mol. The minimum atomic E-state index is -3.81. The smallest absolute Gasteiger partial charge is 0.338 e. The van der Waals surface area contributed by atoms with Crippen molar-refractivity contribution in [2.45, 2.75) is 4.90 Å². The number of ether oxygens (including phenoxy) is 3. The zero-order valence-electron chi connectivity index (χ0n) is 17.1. The number of esters is 1. The summed E-state index contributed by atoms with van der Waals surface area (Å²) in [5, 5.41) is 2.59. The Balaban J connectivity index is 2.09. The first-order valence-electron chi connectivity index (χ1n) is 8.61. The fourth-order valence-corrected chi connectivity index (χ4v) is 4.10. The molecule has 0 radical (unpaired) electrons. The van der Waals surface area contributed by atoms with Crippen molar-refractivity contribution < 1.29 is 32.2 Å². The van der Waals surface area contributed by atoms with Gasteiger partial charge in [0.15, 0.2) is 18.1 Å². The third-order valence-corrected chi connectivity index (χ3v) is 6.55. The molecular weight excluding hydrogens is 471 g/mol. The summed E-state index contributed by atoms with van der Waals surface area (Å²) in [6.07, 6.45) is 0. The van der Waals surface area contributed by atoms with E-state index in [1.54, 1.807) is 0 Å². The first kappa shape index (κ1) is 24.7. The van der Waals surface area contributed by atoms with Crippen LogP contribution in [0.2, 0.25) is 10.0 Å². The van der Waals surface area contributed by atoms with Crippen LogP contribution in [0.15, 0.2) is 35.2 Å². The fraction of sp³-hybridized carbons (Fsp3) is 0.263. The van der Waals surface area contributed by atoms with E-state index in [2.05, 4.69) is 5.32 Å². The van der Waals surface area contributed by atoms with E-state index in [1.165, 1.54) is 58.6 Å². The Hall–Kier alpha value is -2.53. The molecule has 0 saturated carbocycles. The molecule has 0 bridgehead atoms. The Kier molecular flexibility index (Phi) is 8.13. The van der Waals surface area contributed by atoms with Gasteiger partial charge in [0.05, 0.1) is 29.8 Å². The molecule has 0 aliphatic rings. The summed E-state index contributed by atoms with van der Waals surface area (Å²) in [6, 6.07) is 6.66. The molecule has 2 aromatic carbocycles. The van der Waals surface area contributed by atoms with Crippen LogP contribution in [0.4, 0.5) is 5.69 Å². The highest BCUT2D eigenvalue weighted by Gasteiger charge is 2.22. The van der Waals surface area contributed by atoms with Gasteiger partial charge in [-0.05, 0) is 30.3 Å². The Bertz CT molecular complexity index is 1100. The van der Waals surface area contributed by atoms with Gasteiger partial charge in [-0.25, -0.2) is 17.5 Å². The van der Waals surface area contributed by atoms with E-state index in [0.717, 1.165) is 4.31 Å². The second-order valence-electron chi connectivity index (χ2n) is 6.25. The number of sulfonamides is 1. The Morgan fingerprint density at radius 1 is 1.03 bits per heavy atom. The zero-order chi connectivity index (χ0) is 23.3. The summed E-state index contributed by atoms with van der Waals surface area (Å²) in [7, 11) is 1.69. The number of amides is 1. The number of carbonyl (C=O) groups is 2. The van der Waals surface area contributed by atoms with E-state index in [-0.39, 0.29) is 37.7 Å². The number of rotatable bonds is 8. The number of halogens is 2. The molecule has 168 valence electrons. The lowest BCUT2D eigenvalue weighted by Crippen LogP contribution is -2.23. The zero-order valence-corrected chi connectivity index (χ0v) is 19.4. The highest BCUT2D eigenvalue weighted by molar-refractivity contribution is 7.89. The van der Waals surface area contributed by atoms with Crippen LogP contribution in [0.25, 0.3) is 0 Å². The van der Waals surface area contributed by atoms with Gasteiger partial charge in [-0.15, -0.1) is 0 Å². The summed E-state index contributed by atoms with van der Waals surface area (Å²) < 4.78 is 40.8. The summed E-state index contributed by atoms with van der Waals surface area (Å²) in [5.41, 5.74) is 0.223. The molecule has 0 atom stereocenters. The van der Waals surface area contributed by atoms with Gasteiger partial charge in [-0.1, -0.05) is 23.2 Å². The first-order valence-corrected chi connectivity index (χ1v) is 10.8. The van der Waals surface area contributed by atoms with Crippen molar-refractivity contribution in [1.29, 1.82) is 0 Å². The normalized spacial score (nSPS) is 11.2. The lowest BCUT2D eigenvalue weighted by molar-refractivity contribution is -0.119. The maximum Gasteiger partial charge on any atom is 0.338 e. The molecular formula is C19H20Cl2N2O7S. The van der Waals surface area contributed by atoms with Crippen molar-refractivity contribution in [1.82, 2.24) is 4.31 Å². The number of hydrogen-bond acceptors (Lipinski definition) is 7. The quantitative estimate of drug-likeness (QED) is 0.565. The van der Waals surface area contributed by atoms with Crippen LogP contribution in [0.3, 0.4) is 0 Å². The minimum absolute atomic E-state index is 0.00320. The summed E-state index contributed by atoms with van der Waals surface area (Å²) in [4.78, 5) is 24.3. The molecule has 0 saturated heterocycles. The molecule has 0 aliphatic carbocycles. The second kappa shape index (κ2) is 10.2. The van der Waals surface area contributed by atoms with Crippen molar-refractivity contribution in [2.24, 2.45) is 0 Å². The number of benzene rings is 2. The van der Waals surface area contributed by atoms with Crippen molar-refractivity contribution in [2.75, 3.05) is 40.2 Å². The molecule has 1 amide bonds. The molecule has 0 spiro atoms. The Labute approximate surface area is 189 Å². The topological polar surface area (TPSA) is 111 Å². The largest absolute Gasteiger partial charge is 0.493 e. The molecule has 31 heavy (non-hydrogen) atoms. The highest BCUT2D eigenvalue weighted by atomic mass is 35.5. The molecule has 1 N–H and O–H groups in total. The molecule has 2 rings (SSSR count). The van der Waals surface area contributed by atoms with Gasteiger partial charge in [0.2, 0.25) is 10.0 Å². The molecule has 0 heterocycles.